The molecule has 76 valence electrons. The van der Waals surface area contributed by atoms with Crippen LogP contribution in [0.4, 0.5) is 0 Å². The van der Waals surface area contributed by atoms with Gasteiger partial charge in [0.2, 0.25) is 0 Å². The molecule has 1 aliphatic heterocycles. The molecule has 4 nitrogen and oxygen atoms in total. The van der Waals surface area contributed by atoms with Gasteiger partial charge in [0.1, 0.15) is 11.8 Å². The molecule has 0 amide bonds. The van der Waals surface area contributed by atoms with Crippen LogP contribution in [0, 0.1) is 0 Å². The maximum Gasteiger partial charge on any atom is 0.180 e. The van der Waals surface area contributed by atoms with Crippen LogP contribution in [-0.4, -0.2) is 41.6 Å². The maximum atomic E-state index is 11.5. The van der Waals surface area contributed by atoms with Crippen LogP contribution in [0.5, 0.6) is 0 Å². The Morgan fingerprint density at radius 1 is 1.57 bits per heavy atom. The van der Waals surface area contributed by atoms with Gasteiger partial charge in [-0.1, -0.05) is 6.08 Å². The Morgan fingerprint density at radius 3 is 3.07 bits per heavy atom. The Morgan fingerprint density at radius 2 is 2.43 bits per heavy atom. The molecule has 1 atom stereocenters. The molecule has 0 spiro atoms. The fourth-order valence-electron chi connectivity index (χ4n) is 1.87. The molecule has 2 N–H and O–H groups in total. The van der Waals surface area contributed by atoms with Crippen LogP contribution in [0.2, 0.25) is 0 Å². The molecule has 0 aromatic heterocycles. The lowest BCUT2D eigenvalue weighted by molar-refractivity contribution is -0.119. The van der Waals surface area contributed by atoms with Crippen molar-refractivity contribution in [1.29, 1.82) is 0 Å². The first-order chi connectivity index (χ1) is 6.79. The van der Waals surface area contributed by atoms with E-state index >= 15 is 0 Å². The zero-order valence-electron chi connectivity index (χ0n) is 7.94. The fourth-order valence-corrected chi connectivity index (χ4v) is 1.87. The summed E-state index contributed by atoms with van der Waals surface area (Å²) in [5, 5.41) is 12.8. The van der Waals surface area contributed by atoms with Crippen LogP contribution in [-0.2, 0) is 4.79 Å². The second-order valence-corrected chi connectivity index (χ2v) is 3.58. The lowest BCUT2D eigenvalue weighted by Crippen LogP contribution is -2.51. The highest BCUT2D eigenvalue weighted by Gasteiger charge is 2.29. The van der Waals surface area contributed by atoms with Gasteiger partial charge in [0.25, 0.3) is 0 Å². The van der Waals surface area contributed by atoms with Crippen LogP contribution in [0.3, 0.4) is 0 Å². The van der Waals surface area contributed by atoms with E-state index in [1.807, 2.05) is 4.90 Å². The predicted octanol–water partition coefficient (Wildman–Crippen LogP) is 0.189. The van der Waals surface area contributed by atoms with Crippen molar-refractivity contribution in [3.05, 3.63) is 24.0 Å². The normalized spacial score (nSPS) is 29.0. The predicted molar refractivity (Wildman–Crippen MR) is 52.8 cm³/mol. The number of carbonyl (C=O) groups excluding carboxylic acids is 1. The molecule has 14 heavy (non-hydrogen) atoms. The largest absolute Gasteiger partial charge is 0.510 e. The molecule has 1 saturated heterocycles. The van der Waals surface area contributed by atoms with E-state index in [2.05, 4.69) is 5.32 Å². The highest BCUT2D eigenvalue weighted by atomic mass is 16.3. The van der Waals surface area contributed by atoms with Gasteiger partial charge in [-0.3, -0.25) is 9.69 Å². The van der Waals surface area contributed by atoms with E-state index in [4.69, 9.17) is 0 Å². The van der Waals surface area contributed by atoms with Crippen molar-refractivity contribution >= 4 is 5.78 Å². The molecule has 1 aliphatic carbocycles. The van der Waals surface area contributed by atoms with Gasteiger partial charge in [-0.15, -0.1) is 0 Å². The van der Waals surface area contributed by atoms with E-state index < -0.39 is 6.04 Å². The third-order valence-corrected chi connectivity index (χ3v) is 2.56. The zero-order chi connectivity index (χ0) is 9.97. The standard InChI is InChI=1S/C10H14N2O2/c13-8-3-1-4-9(14)10(8)12-6-2-5-11-7-12/h1,3-4,10-11,13H,2,5-7H2. The van der Waals surface area contributed by atoms with Crippen LogP contribution < -0.4 is 5.32 Å². The summed E-state index contributed by atoms with van der Waals surface area (Å²) in [6.45, 7) is 2.51. The van der Waals surface area contributed by atoms with Crippen molar-refractivity contribution in [2.45, 2.75) is 12.5 Å². The number of hydrogen-bond acceptors (Lipinski definition) is 4. The molecule has 0 saturated carbocycles. The second-order valence-electron chi connectivity index (χ2n) is 3.58. The summed E-state index contributed by atoms with van der Waals surface area (Å²) < 4.78 is 0. The topological polar surface area (TPSA) is 52.6 Å². The minimum absolute atomic E-state index is 0.0336. The summed E-state index contributed by atoms with van der Waals surface area (Å²) >= 11 is 0. The lowest BCUT2D eigenvalue weighted by Gasteiger charge is -2.33. The van der Waals surface area contributed by atoms with Gasteiger partial charge < -0.3 is 10.4 Å². The third-order valence-electron chi connectivity index (χ3n) is 2.56. The Kier molecular flexibility index (Phi) is 2.65. The minimum atomic E-state index is -0.465. The summed E-state index contributed by atoms with van der Waals surface area (Å²) in [6.07, 6.45) is 5.70. The van der Waals surface area contributed by atoms with E-state index in [1.165, 1.54) is 6.08 Å². The molecule has 1 fully saturated rings. The summed E-state index contributed by atoms with van der Waals surface area (Å²) in [5.41, 5.74) is 0. The number of rotatable bonds is 1. The number of nitrogens with zero attached hydrogens (tertiary/aromatic N) is 1. The van der Waals surface area contributed by atoms with Crippen molar-refractivity contribution in [2.75, 3.05) is 19.8 Å². The molecule has 1 unspecified atom stereocenters. The summed E-state index contributed by atoms with van der Waals surface area (Å²) in [5.74, 6) is 0.120. The summed E-state index contributed by atoms with van der Waals surface area (Å²) in [4.78, 5) is 13.5. The van der Waals surface area contributed by atoms with E-state index in [9.17, 15) is 9.90 Å². The molecular formula is C10H14N2O2. The third kappa shape index (κ3) is 1.71. The average molecular weight is 194 g/mol. The van der Waals surface area contributed by atoms with Gasteiger partial charge >= 0.3 is 0 Å². The Hall–Kier alpha value is -1.13. The molecule has 0 radical (unpaired) electrons. The first-order valence-corrected chi connectivity index (χ1v) is 4.85. The number of ketones is 1. The Balaban J connectivity index is 2.11. The fraction of sp³-hybridized carbons (Fsp3) is 0.500. The van der Waals surface area contributed by atoms with Crippen molar-refractivity contribution in [3.63, 3.8) is 0 Å². The van der Waals surface area contributed by atoms with Gasteiger partial charge in [0, 0.05) is 13.2 Å². The Bertz CT molecular complexity index is 290. The number of allylic oxidation sites excluding steroid dienone is 2. The monoisotopic (exact) mass is 194 g/mol. The van der Waals surface area contributed by atoms with Gasteiger partial charge in [-0.05, 0) is 25.1 Å². The van der Waals surface area contributed by atoms with E-state index in [0.29, 0.717) is 6.67 Å². The van der Waals surface area contributed by atoms with Gasteiger partial charge in [0.15, 0.2) is 5.78 Å². The second kappa shape index (κ2) is 3.94. The van der Waals surface area contributed by atoms with E-state index in [-0.39, 0.29) is 11.5 Å². The molecule has 0 aromatic rings. The van der Waals surface area contributed by atoms with Gasteiger partial charge in [-0.25, -0.2) is 0 Å². The van der Waals surface area contributed by atoms with Gasteiger partial charge in [0.05, 0.1) is 0 Å². The smallest absolute Gasteiger partial charge is 0.180 e. The Labute approximate surface area is 82.9 Å². The molecule has 2 aliphatic rings. The number of hydrogen-bond donors (Lipinski definition) is 2. The maximum absolute atomic E-state index is 11.5. The van der Waals surface area contributed by atoms with Crippen LogP contribution in [0.25, 0.3) is 0 Å². The van der Waals surface area contributed by atoms with Crippen LogP contribution in [0.15, 0.2) is 24.0 Å². The summed E-state index contributed by atoms with van der Waals surface area (Å²) in [7, 11) is 0. The number of nitrogens with one attached hydrogen (secondary N) is 1. The van der Waals surface area contributed by atoms with Crippen molar-refractivity contribution < 1.29 is 9.90 Å². The SMILES string of the molecule is O=C1C=CC=C(O)C1N1CCCNC1. The van der Waals surface area contributed by atoms with Crippen molar-refractivity contribution in [3.8, 4) is 0 Å². The zero-order valence-corrected chi connectivity index (χ0v) is 7.94. The molecule has 4 heteroatoms. The molecule has 2 rings (SSSR count). The van der Waals surface area contributed by atoms with Crippen molar-refractivity contribution in [1.82, 2.24) is 10.2 Å². The minimum Gasteiger partial charge on any atom is -0.510 e. The molecule has 1 heterocycles. The molecule has 0 bridgehead atoms. The van der Waals surface area contributed by atoms with Gasteiger partial charge in [-0.2, -0.15) is 0 Å². The highest BCUT2D eigenvalue weighted by Crippen LogP contribution is 2.15. The first-order valence-electron chi connectivity index (χ1n) is 4.85. The number of aliphatic hydroxyl groups excluding tert-OH is 1. The number of carbonyl (C=O) groups is 1. The molecule has 0 aromatic carbocycles. The number of aliphatic hydroxyl groups is 1. The lowest BCUT2D eigenvalue weighted by atomic mass is 10.0. The summed E-state index contributed by atoms with van der Waals surface area (Å²) in [6, 6.07) is -0.465. The molecular weight excluding hydrogens is 180 g/mol. The van der Waals surface area contributed by atoms with E-state index in [1.54, 1.807) is 12.2 Å². The quantitative estimate of drug-likeness (QED) is 0.625. The van der Waals surface area contributed by atoms with Crippen LogP contribution in [0.1, 0.15) is 6.42 Å². The van der Waals surface area contributed by atoms with Crippen molar-refractivity contribution in [2.24, 2.45) is 0 Å². The van der Waals surface area contributed by atoms with Crippen LogP contribution >= 0.6 is 0 Å². The average Bonchev–Trinajstić information content (AvgIpc) is 2.19. The first kappa shape index (κ1) is 9.43. The van der Waals surface area contributed by atoms with E-state index in [0.717, 1.165) is 19.5 Å². The highest BCUT2D eigenvalue weighted by molar-refractivity contribution is 5.97.